The molecule has 1 aromatic heterocycles. The third-order valence-electron chi connectivity index (χ3n) is 3.26. The monoisotopic (exact) mass is 289 g/mol. The Morgan fingerprint density at radius 3 is 2.76 bits per heavy atom. The number of para-hydroxylation sites is 1. The number of ether oxygens (including phenoxy) is 1. The Morgan fingerprint density at radius 1 is 1.33 bits per heavy atom. The number of nitrogens with zero attached hydrogens (tertiary/aromatic N) is 3. The molecule has 0 aliphatic carbocycles. The quantitative estimate of drug-likeness (QED) is 0.784. The van der Waals surface area contributed by atoms with E-state index in [0.29, 0.717) is 18.8 Å². The summed E-state index contributed by atoms with van der Waals surface area (Å²) in [6, 6.07) is 7.56. The molecule has 0 saturated carbocycles. The standard InChI is InChI=1S/C15H19N3O3/c1-4-21-13(19)9-10-17(2)15(20)14-11-7-5-6-8-12(11)18(3)16-14/h5-8H,4,9-10H2,1-3H3. The van der Waals surface area contributed by atoms with Crippen LogP contribution in [0.5, 0.6) is 0 Å². The van der Waals surface area contributed by atoms with Gasteiger partial charge >= 0.3 is 5.97 Å². The molecule has 1 amide bonds. The zero-order chi connectivity index (χ0) is 15.4. The molecule has 0 aliphatic rings. The molecule has 0 radical (unpaired) electrons. The molecule has 0 saturated heterocycles. The number of esters is 1. The maximum Gasteiger partial charge on any atom is 0.307 e. The number of carbonyl (C=O) groups excluding carboxylic acids is 2. The SMILES string of the molecule is CCOC(=O)CCN(C)C(=O)c1nn(C)c2ccccc12. The van der Waals surface area contributed by atoms with Gasteiger partial charge in [0.05, 0.1) is 18.5 Å². The molecule has 1 aromatic carbocycles. The maximum absolute atomic E-state index is 12.4. The number of amides is 1. The Labute approximate surface area is 123 Å². The molecule has 21 heavy (non-hydrogen) atoms. The number of rotatable bonds is 5. The second-order valence-corrected chi connectivity index (χ2v) is 4.77. The molecule has 0 spiro atoms. The average molecular weight is 289 g/mol. The maximum atomic E-state index is 12.4. The van der Waals surface area contributed by atoms with Gasteiger partial charge in [-0.3, -0.25) is 14.3 Å². The first-order chi connectivity index (χ1) is 10.0. The van der Waals surface area contributed by atoms with E-state index in [2.05, 4.69) is 5.10 Å². The van der Waals surface area contributed by atoms with Gasteiger partial charge in [0.25, 0.3) is 5.91 Å². The number of aryl methyl sites for hydroxylation is 1. The Balaban J connectivity index is 2.13. The van der Waals surface area contributed by atoms with Crippen molar-refractivity contribution in [3.63, 3.8) is 0 Å². The van der Waals surface area contributed by atoms with Gasteiger partial charge in [0, 0.05) is 26.0 Å². The normalized spacial score (nSPS) is 10.6. The summed E-state index contributed by atoms with van der Waals surface area (Å²) in [5, 5.41) is 5.10. The van der Waals surface area contributed by atoms with Crippen LogP contribution in [0.2, 0.25) is 0 Å². The number of aromatic nitrogens is 2. The highest BCUT2D eigenvalue weighted by Crippen LogP contribution is 2.18. The van der Waals surface area contributed by atoms with E-state index >= 15 is 0 Å². The molecule has 0 unspecified atom stereocenters. The molecule has 6 nitrogen and oxygen atoms in total. The van der Waals surface area contributed by atoms with Gasteiger partial charge in [0.15, 0.2) is 5.69 Å². The third-order valence-corrected chi connectivity index (χ3v) is 3.26. The molecule has 112 valence electrons. The van der Waals surface area contributed by atoms with E-state index < -0.39 is 0 Å². The zero-order valence-electron chi connectivity index (χ0n) is 12.5. The Morgan fingerprint density at radius 2 is 2.05 bits per heavy atom. The lowest BCUT2D eigenvalue weighted by Crippen LogP contribution is -2.30. The zero-order valence-corrected chi connectivity index (χ0v) is 12.5. The van der Waals surface area contributed by atoms with Gasteiger partial charge in [0.1, 0.15) is 0 Å². The molecule has 0 aliphatic heterocycles. The van der Waals surface area contributed by atoms with E-state index in [1.807, 2.05) is 24.3 Å². The minimum atomic E-state index is -0.303. The van der Waals surface area contributed by atoms with Crippen molar-refractivity contribution in [1.29, 1.82) is 0 Å². The van der Waals surface area contributed by atoms with Crippen LogP contribution in [0.3, 0.4) is 0 Å². The summed E-state index contributed by atoms with van der Waals surface area (Å²) in [5.41, 5.74) is 1.30. The Kier molecular flexibility index (Phi) is 4.57. The predicted octanol–water partition coefficient (Wildman–Crippen LogP) is 1.60. The van der Waals surface area contributed by atoms with Crippen molar-refractivity contribution in [2.24, 2.45) is 7.05 Å². The fourth-order valence-electron chi connectivity index (χ4n) is 2.15. The summed E-state index contributed by atoms with van der Waals surface area (Å²) in [4.78, 5) is 25.3. The molecular weight excluding hydrogens is 270 g/mol. The number of carbonyl (C=O) groups is 2. The first kappa shape index (κ1) is 15.0. The highest BCUT2D eigenvalue weighted by Gasteiger charge is 2.19. The Bertz CT molecular complexity index is 663. The second kappa shape index (κ2) is 6.39. The van der Waals surface area contributed by atoms with Gasteiger partial charge < -0.3 is 9.64 Å². The lowest BCUT2D eigenvalue weighted by molar-refractivity contribution is -0.143. The third kappa shape index (κ3) is 3.21. The number of hydrogen-bond donors (Lipinski definition) is 0. The van der Waals surface area contributed by atoms with Crippen LogP contribution >= 0.6 is 0 Å². The molecule has 0 N–H and O–H groups in total. The fraction of sp³-hybridized carbons (Fsp3) is 0.400. The van der Waals surface area contributed by atoms with Crippen LogP contribution in [0.1, 0.15) is 23.8 Å². The van der Waals surface area contributed by atoms with Crippen molar-refractivity contribution in [1.82, 2.24) is 14.7 Å². The largest absolute Gasteiger partial charge is 0.466 e. The average Bonchev–Trinajstić information content (AvgIpc) is 2.82. The van der Waals surface area contributed by atoms with Gasteiger partial charge in [-0.15, -0.1) is 0 Å². The van der Waals surface area contributed by atoms with E-state index in [9.17, 15) is 9.59 Å². The van der Waals surface area contributed by atoms with Crippen molar-refractivity contribution in [3.05, 3.63) is 30.0 Å². The van der Waals surface area contributed by atoms with Gasteiger partial charge in [-0.05, 0) is 13.0 Å². The second-order valence-electron chi connectivity index (χ2n) is 4.77. The van der Waals surface area contributed by atoms with E-state index in [-0.39, 0.29) is 18.3 Å². The number of hydrogen-bond acceptors (Lipinski definition) is 4. The summed E-state index contributed by atoms with van der Waals surface area (Å²) in [6.07, 6.45) is 0.181. The van der Waals surface area contributed by atoms with Gasteiger partial charge in [-0.25, -0.2) is 0 Å². The van der Waals surface area contributed by atoms with Gasteiger partial charge in [-0.1, -0.05) is 18.2 Å². The molecule has 6 heteroatoms. The van der Waals surface area contributed by atoms with Crippen molar-refractivity contribution in [2.75, 3.05) is 20.2 Å². The van der Waals surface area contributed by atoms with Crippen molar-refractivity contribution < 1.29 is 14.3 Å². The molecule has 1 heterocycles. The van der Waals surface area contributed by atoms with Crippen LogP contribution in [0.25, 0.3) is 10.9 Å². The number of fused-ring (bicyclic) bond motifs is 1. The topological polar surface area (TPSA) is 64.4 Å². The van der Waals surface area contributed by atoms with Crippen molar-refractivity contribution in [2.45, 2.75) is 13.3 Å². The van der Waals surface area contributed by atoms with Crippen LogP contribution in [0, 0.1) is 0 Å². The van der Waals surface area contributed by atoms with Crippen LogP contribution in [0.4, 0.5) is 0 Å². The lowest BCUT2D eigenvalue weighted by atomic mass is 10.2. The van der Waals surface area contributed by atoms with Crippen LogP contribution in [-0.4, -0.2) is 46.8 Å². The first-order valence-electron chi connectivity index (χ1n) is 6.87. The minimum Gasteiger partial charge on any atom is -0.466 e. The van der Waals surface area contributed by atoms with Crippen molar-refractivity contribution >= 4 is 22.8 Å². The molecule has 2 rings (SSSR count). The first-order valence-corrected chi connectivity index (χ1v) is 6.87. The van der Waals surface area contributed by atoms with Crippen LogP contribution < -0.4 is 0 Å². The van der Waals surface area contributed by atoms with Crippen LogP contribution in [0.15, 0.2) is 24.3 Å². The lowest BCUT2D eigenvalue weighted by Gasteiger charge is -2.15. The Hall–Kier alpha value is -2.37. The summed E-state index contributed by atoms with van der Waals surface area (Å²) in [7, 11) is 3.46. The minimum absolute atomic E-state index is 0.181. The van der Waals surface area contributed by atoms with E-state index in [0.717, 1.165) is 10.9 Å². The van der Waals surface area contributed by atoms with E-state index in [1.54, 1.807) is 25.7 Å². The van der Waals surface area contributed by atoms with Crippen LogP contribution in [-0.2, 0) is 16.6 Å². The fourth-order valence-corrected chi connectivity index (χ4v) is 2.15. The van der Waals surface area contributed by atoms with E-state index in [1.165, 1.54) is 4.90 Å². The number of benzene rings is 1. The molecule has 0 fully saturated rings. The van der Waals surface area contributed by atoms with E-state index in [4.69, 9.17) is 4.74 Å². The summed E-state index contributed by atoms with van der Waals surface area (Å²) < 4.78 is 6.54. The van der Waals surface area contributed by atoms with Crippen molar-refractivity contribution in [3.8, 4) is 0 Å². The highest BCUT2D eigenvalue weighted by atomic mass is 16.5. The van der Waals surface area contributed by atoms with Gasteiger partial charge in [-0.2, -0.15) is 5.10 Å². The predicted molar refractivity (Wildman–Crippen MR) is 78.9 cm³/mol. The highest BCUT2D eigenvalue weighted by molar-refractivity contribution is 6.04. The molecule has 2 aromatic rings. The van der Waals surface area contributed by atoms with Gasteiger partial charge in [0.2, 0.25) is 0 Å². The molecular formula is C15H19N3O3. The summed E-state index contributed by atoms with van der Waals surface area (Å²) >= 11 is 0. The molecule has 0 atom stereocenters. The smallest absolute Gasteiger partial charge is 0.307 e. The molecule has 0 bridgehead atoms. The summed E-state index contributed by atoms with van der Waals surface area (Å²) in [6.45, 7) is 2.41. The summed E-state index contributed by atoms with van der Waals surface area (Å²) in [5.74, 6) is -0.501.